The highest BCUT2D eigenvalue weighted by atomic mass is 16.2. The molecule has 2 aliphatic rings. The third-order valence-electron chi connectivity index (χ3n) is 7.43. The van der Waals surface area contributed by atoms with Gasteiger partial charge in [-0.05, 0) is 38.5 Å². The smallest absolute Gasteiger partial charge is 0.243 e. The van der Waals surface area contributed by atoms with Crippen molar-refractivity contribution in [3.05, 3.63) is 36.2 Å². The quantitative estimate of drug-likeness (QED) is 0.533. The van der Waals surface area contributed by atoms with Crippen LogP contribution in [0.15, 0.2) is 30.3 Å². The number of rotatable bonds is 4. The lowest BCUT2D eigenvalue weighted by atomic mass is 9.84. The molecule has 11 nitrogen and oxygen atoms in total. The highest BCUT2D eigenvalue weighted by molar-refractivity contribution is 5.88. The number of hydrogen-bond donors (Lipinski definition) is 3. The van der Waals surface area contributed by atoms with Crippen LogP contribution in [0.4, 0.5) is 0 Å². The molecule has 216 valence electrons. The Labute approximate surface area is 235 Å². The van der Waals surface area contributed by atoms with Crippen LogP contribution in [-0.2, 0) is 25.7 Å². The second-order valence-electron chi connectivity index (χ2n) is 11.2. The number of carbonyl (C=O) groups excluding carboxylic acids is 4. The molecule has 4 rings (SSSR count). The molecule has 0 saturated heterocycles. The van der Waals surface area contributed by atoms with Crippen molar-refractivity contribution in [2.75, 3.05) is 19.6 Å². The zero-order chi connectivity index (χ0) is 28.6. The van der Waals surface area contributed by atoms with E-state index >= 15 is 0 Å². The molecule has 1 aliphatic heterocycles. The summed E-state index contributed by atoms with van der Waals surface area (Å²) >= 11 is 0. The fourth-order valence-corrected chi connectivity index (χ4v) is 5.05. The van der Waals surface area contributed by atoms with Gasteiger partial charge in [-0.25, -0.2) is 9.67 Å². The largest absolute Gasteiger partial charge is 0.353 e. The zero-order valence-corrected chi connectivity index (χ0v) is 23.7. The maximum absolute atomic E-state index is 13.3. The Balaban J connectivity index is 1.60. The SMILES string of the molecule is CC(C)C[C@H]1NC(=O)CCCN(C(=O)C2CCC2)CCNC(=O)Cn2nc(-c3ccccc3)nc2[C@H](C)NC1=O. The number of carbonyl (C=O) groups is 4. The Hall–Kier alpha value is -3.76. The van der Waals surface area contributed by atoms with Gasteiger partial charge in [0.05, 0.1) is 6.04 Å². The summed E-state index contributed by atoms with van der Waals surface area (Å²) in [6, 6.07) is 8.14. The minimum atomic E-state index is -0.716. The van der Waals surface area contributed by atoms with E-state index in [0.717, 1.165) is 24.8 Å². The third-order valence-corrected chi connectivity index (χ3v) is 7.43. The molecule has 1 saturated carbocycles. The van der Waals surface area contributed by atoms with Crippen molar-refractivity contribution in [3.63, 3.8) is 0 Å². The summed E-state index contributed by atoms with van der Waals surface area (Å²) in [5.74, 6) is 0.347. The van der Waals surface area contributed by atoms with Crippen LogP contribution in [0.1, 0.15) is 71.2 Å². The topological polar surface area (TPSA) is 138 Å². The normalized spacial score (nSPS) is 22.0. The highest BCUT2D eigenvalue weighted by Gasteiger charge is 2.30. The Bertz CT molecular complexity index is 1190. The molecule has 0 bridgehead atoms. The second kappa shape index (κ2) is 13.5. The van der Waals surface area contributed by atoms with E-state index in [2.05, 4.69) is 26.0 Å². The number of benzene rings is 1. The summed E-state index contributed by atoms with van der Waals surface area (Å²) in [4.78, 5) is 58.6. The van der Waals surface area contributed by atoms with Crippen LogP contribution in [-0.4, -0.2) is 69.0 Å². The lowest BCUT2D eigenvalue weighted by molar-refractivity contribution is -0.138. The highest BCUT2D eigenvalue weighted by Crippen LogP contribution is 2.28. The molecule has 0 radical (unpaired) electrons. The minimum Gasteiger partial charge on any atom is -0.353 e. The summed E-state index contributed by atoms with van der Waals surface area (Å²) in [5.41, 5.74) is 0.790. The number of amides is 4. The Morgan fingerprint density at radius 3 is 2.45 bits per heavy atom. The molecule has 0 spiro atoms. The van der Waals surface area contributed by atoms with Crippen LogP contribution >= 0.6 is 0 Å². The number of nitrogens with zero attached hydrogens (tertiary/aromatic N) is 4. The molecule has 2 heterocycles. The van der Waals surface area contributed by atoms with Crippen molar-refractivity contribution >= 4 is 23.6 Å². The summed E-state index contributed by atoms with van der Waals surface area (Å²) in [7, 11) is 0. The third kappa shape index (κ3) is 7.67. The summed E-state index contributed by atoms with van der Waals surface area (Å²) < 4.78 is 1.51. The van der Waals surface area contributed by atoms with E-state index in [1.165, 1.54) is 4.68 Å². The predicted molar refractivity (Wildman–Crippen MR) is 150 cm³/mol. The van der Waals surface area contributed by atoms with Gasteiger partial charge in [-0.3, -0.25) is 19.2 Å². The van der Waals surface area contributed by atoms with Crippen LogP contribution in [0, 0.1) is 11.8 Å². The molecule has 1 aliphatic carbocycles. The molecule has 3 N–H and O–H groups in total. The van der Waals surface area contributed by atoms with E-state index in [-0.39, 0.29) is 48.4 Å². The number of aromatic nitrogens is 3. The van der Waals surface area contributed by atoms with Crippen molar-refractivity contribution < 1.29 is 19.2 Å². The van der Waals surface area contributed by atoms with Crippen molar-refractivity contribution in [3.8, 4) is 11.4 Å². The van der Waals surface area contributed by atoms with Gasteiger partial charge in [0.25, 0.3) is 0 Å². The van der Waals surface area contributed by atoms with Crippen LogP contribution in [0.2, 0.25) is 0 Å². The van der Waals surface area contributed by atoms with E-state index in [9.17, 15) is 19.2 Å². The Morgan fingerprint density at radius 1 is 1.02 bits per heavy atom. The number of fused-ring (bicyclic) bond motifs is 1. The van der Waals surface area contributed by atoms with Crippen molar-refractivity contribution in [1.29, 1.82) is 0 Å². The molecular weight excluding hydrogens is 510 g/mol. The van der Waals surface area contributed by atoms with Crippen LogP contribution in [0.25, 0.3) is 11.4 Å². The molecule has 11 heteroatoms. The van der Waals surface area contributed by atoms with Crippen LogP contribution in [0.5, 0.6) is 0 Å². The maximum atomic E-state index is 13.3. The van der Waals surface area contributed by atoms with Gasteiger partial charge >= 0.3 is 0 Å². The molecule has 1 aromatic heterocycles. The summed E-state index contributed by atoms with van der Waals surface area (Å²) in [6.45, 7) is 6.78. The van der Waals surface area contributed by atoms with E-state index in [1.807, 2.05) is 44.2 Å². The molecule has 0 unspecified atom stereocenters. The first-order chi connectivity index (χ1) is 19.2. The van der Waals surface area contributed by atoms with E-state index in [4.69, 9.17) is 0 Å². The fraction of sp³-hybridized carbons (Fsp3) is 0.586. The Morgan fingerprint density at radius 2 is 1.77 bits per heavy atom. The van der Waals surface area contributed by atoms with Gasteiger partial charge in [-0.2, -0.15) is 5.10 Å². The first-order valence-electron chi connectivity index (χ1n) is 14.4. The molecule has 40 heavy (non-hydrogen) atoms. The number of hydrogen-bond acceptors (Lipinski definition) is 6. The molecule has 2 atom stereocenters. The molecule has 1 fully saturated rings. The summed E-state index contributed by atoms with van der Waals surface area (Å²) in [5, 5.41) is 13.4. The van der Waals surface area contributed by atoms with Gasteiger partial charge in [-0.15, -0.1) is 0 Å². The molecule has 4 amide bonds. The first kappa shape index (κ1) is 29.2. The van der Waals surface area contributed by atoms with Crippen molar-refractivity contribution in [2.24, 2.45) is 11.8 Å². The summed E-state index contributed by atoms with van der Waals surface area (Å²) in [6.07, 6.45) is 3.96. The van der Waals surface area contributed by atoms with Gasteiger partial charge in [0, 0.05) is 37.5 Å². The molecule has 1 aromatic carbocycles. The zero-order valence-electron chi connectivity index (χ0n) is 23.7. The van der Waals surface area contributed by atoms with Gasteiger partial charge < -0.3 is 20.9 Å². The van der Waals surface area contributed by atoms with Gasteiger partial charge in [0.15, 0.2) is 5.82 Å². The Kier molecular flexibility index (Phi) is 9.89. The monoisotopic (exact) mass is 551 g/mol. The fourth-order valence-electron chi connectivity index (χ4n) is 5.05. The van der Waals surface area contributed by atoms with Gasteiger partial charge in [0.2, 0.25) is 23.6 Å². The van der Waals surface area contributed by atoms with Crippen LogP contribution < -0.4 is 16.0 Å². The standard InChI is InChI=1S/C29H41N7O4/c1-19(2)17-23-28(39)31-20(3)27-33-26(21-9-5-4-6-10-21)34-36(27)18-25(38)30-14-16-35(15-8-13-24(37)32-23)29(40)22-11-7-12-22/h4-6,9-10,19-20,22-23H,7-8,11-18H2,1-3H3,(H,30,38)(H,31,39)(H,32,37)/t20-,23+/m0/s1. The first-order valence-corrected chi connectivity index (χ1v) is 14.4. The van der Waals surface area contributed by atoms with Gasteiger partial charge in [-0.1, -0.05) is 50.6 Å². The van der Waals surface area contributed by atoms with Crippen LogP contribution in [0.3, 0.4) is 0 Å². The minimum absolute atomic E-state index is 0.0216. The molecular formula is C29H41N7O4. The van der Waals surface area contributed by atoms with Crippen molar-refractivity contribution in [2.45, 2.75) is 77.9 Å². The lowest BCUT2D eigenvalue weighted by Gasteiger charge is -2.32. The van der Waals surface area contributed by atoms with E-state index in [0.29, 0.717) is 44.1 Å². The predicted octanol–water partition coefficient (Wildman–Crippen LogP) is 2.19. The average Bonchev–Trinajstić information content (AvgIpc) is 3.29. The number of nitrogens with one attached hydrogen (secondary N) is 3. The van der Waals surface area contributed by atoms with E-state index in [1.54, 1.807) is 11.8 Å². The second-order valence-corrected chi connectivity index (χ2v) is 11.2. The maximum Gasteiger partial charge on any atom is 0.243 e. The van der Waals surface area contributed by atoms with Crippen molar-refractivity contribution in [1.82, 2.24) is 35.6 Å². The van der Waals surface area contributed by atoms with E-state index < -0.39 is 12.1 Å². The average molecular weight is 552 g/mol. The molecule has 2 aromatic rings. The lowest BCUT2D eigenvalue weighted by Crippen LogP contribution is -2.48. The van der Waals surface area contributed by atoms with Gasteiger partial charge in [0.1, 0.15) is 18.4 Å².